The summed E-state index contributed by atoms with van der Waals surface area (Å²) in [5.41, 5.74) is 8.15. The van der Waals surface area contributed by atoms with Crippen LogP contribution in [0.5, 0.6) is 0 Å². The topological polar surface area (TPSA) is 0 Å². The highest BCUT2D eigenvalue weighted by atomic mass is 35.5. The molecule has 0 radical (unpaired) electrons. The number of hydrogen-bond donors (Lipinski definition) is 0. The van der Waals surface area contributed by atoms with Crippen molar-refractivity contribution in [1.82, 2.24) is 0 Å². The molecule has 0 amide bonds. The van der Waals surface area contributed by atoms with E-state index in [-0.39, 0.29) is 0 Å². The molecule has 0 nitrogen and oxygen atoms in total. The molecule has 1 heteroatoms. The molecule has 0 heterocycles. The Kier molecular flexibility index (Phi) is 6.11. The predicted octanol–water partition coefficient (Wildman–Crippen LogP) is 8.48. The second-order valence-electron chi connectivity index (χ2n) is 8.26. The lowest BCUT2D eigenvalue weighted by molar-refractivity contribution is 0.878. The molecule has 5 rings (SSSR count). The maximum absolute atomic E-state index is 7.75. The quantitative estimate of drug-likeness (QED) is 0.182. The van der Waals surface area contributed by atoms with Gasteiger partial charge in [0, 0.05) is 0 Å². The molecular weight excluding hydrogens is 420 g/mol. The summed E-state index contributed by atoms with van der Waals surface area (Å²) in [6.45, 7) is 0. The van der Waals surface area contributed by atoms with Gasteiger partial charge in [0.2, 0.25) is 0 Å². The number of alkyl halides is 1. The number of halogens is 1. The van der Waals surface area contributed by atoms with Gasteiger partial charge < -0.3 is 0 Å². The molecule has 0 spiro atoms. The normalized spacial score (nSPS) is 11.3. The molecule has 0 saturated carbocycles. The van der Waals surface area contributed by atoms with Gasteiger partial charge in [0.15, 0.2) is 0 Å². The molecule has 5 aromatic rings. The lowest BCUT2D eigenvalue weighted by Gasteiger charge is -2.32. The molecule has 0 fully saturated rings. The second kappa shape index (κ2) is 9.48. The van der Waals surface area contributed by atoms with Gasteiger partial charge in [-0.25, -0.2) is 0 Å². The third-order valence-electron chi connectivity index (χ3n) is 6.16. The molecule has 0 atom stereocenters. The van der Waals surface area contributed by atoms with E-state index >= 15 is 0 Å². The van der Waals surface area contributed by atoms with Crippen LogP contribution in [0.15, 0.2) is 140 Å². The van der Waals surface area contributed by atoms with Crippen molar-refractivity contribution in [3.05, 3.63) is 167 Å². The first-order valence-electron chi connectivity index (χ1n) is 11.3. The lowest BCUT2D eigenvalue weighted by Crippen LogP contribution is -2.24. The van der Waals surface area contributed by atoms with Crippen molar-refractivity contribution in [2.24, 2.45) is 0 Å². The van der Waals surface area contributed by atoms with E-state index in [9.17, 15) is 0 Å². The Hall–Kier alpha value is -3.61. The molecule has 0 N–H and O–H groups in total. The van der Waals surface area contributed by atoms with Gasteiger partial charge in [-0.05, 0) is 45.4 Å². The minimum absolute atomic E-state index is 0.819. The van der Waals surface area contributed by atoms with Gasteiger partial charge in [0.05, 0.1) is 0 Å². The van der Waals surface area contributed by atoms with E-state index in [4.69, 9.17) is 11.6 Å². The Morgan fingerprint density at radius 2 is 0.970 bits per heavy atom. The summed E-state index contributed by atoms with van der Waals surface area (Å²) in [5, 5.41) is 0. The smallest absolute Gasteiger partial charge is 0.104 e. The average molecular weight is 445 g/mol. The van der Waals surface area contributed by atoms with Crippen LogP contribution in [0.25, 0.3) is 11.1 Å². The first kappa shape index (κ1) is 21.2. The highest BCUT2D eigenvalue weighted by molar-refractivity contribution is 6.28. The Morgan fingerprint density at radius 1 is 0.485 bits per heavy atom. The molecular formula is C32H25Cl. The van der Waals surface area contributed by atoms with Gasteiger partial charge in [0.25, 0.3) is 0 Å². The summed E-state index contributed by atoms with van der Waals surface area (Å²) >= 11 is 7.75. The maximum atomic E-state index is 7.75. The van der Waals surface area contributed by atoms with Crippen LogP contribution < -0.4 is 0 Å². The van der Waals surface area contributed by atoms with Crippen LogP contribution in [-0.2, 0) is 11.3 Å². The Balaban J connectivity index is 1.80. The van der Waals surface area contributed by atoms with Gasteiger partial charge in [-0.2, -0.15) is 0 Å². The van der Waals surface area contributed by atoms with Crippen LogP contribution >= 0.6 is 11.6 Å². The standard InChI is InChI=1S/C32H25Cl/c33-32(28-19-9-3-10-20-28,29-21-11-4-12-22-29)30-23-13-18-27(24-25-14-5-1-6-15-25)31(30)26-16-7-2-8-17-26/h1-23H,24H2. The monoisotopic (exact) mass is 444 g/mol. The zero-order chi connectivity index (χ0) is 22.5. The molecule has 5 aromatic carbocycles. The lowest BCUT2D eigenvalue weighted by atomic mass is 9.78. The SMILES string of the molecule is ClC(c1ccccc1)(c1ccccc1)c1cccc(Cc2ccccc2)c1-c1ccccc1. The molecule has 0 unspecified atom stereocenters. The highest BCUT2D eigenvalue weighted by Crippen LogP contribution is 2.47. The van der Waals surface area contributed by atoms with Gasteiger partial charge in [-0.3, -0.25) is 0 Å². The van der Waals surface area contributed by atoms with Crippen molar-refractivity contribution in [3.8, 4) is 11.1 Å². The van der Waals surface area contributed by atoms with E-state index in [0.29, 0.717) is 0 Å². The first-order chi connectivity index (χ1) is 16.3. The number of hydrogen-bond acceptors (Lipinski definition) is 0. The van der Waals surface area contributed by atoms with Crippen LogP contribution in [0.4, 0.5) is 0 Å². The Labute approximate surface area is 201 Å². The highest BCUT2D eigenvalue weighted by Gasteiger charge is 2.36. The zero-order valence-corrected chi connectivity index (χ0v) is 19.1. The summed E-state index contributed by atoms with van der Waals surface area (Å²) in [6, 6.07) is 48.6. The molecule has 0 saturated heterocycles. The van der Waals surface area contributed by atoms with Crippen LogP contribution in [0, 0.1) is 0 Å². The van der Waals surface area contributed by atoms with Crippen molar-refractivity contribution >= 4 is 11.6 Å². The van der Waals surface area contributed by atoms with E-state index in [1.54, 1.807) is 0 Å². The van der Waals surface area contributed by atoms with Crippen LogP contribution in [0.3, 0.4) is 0 Å². The van der Waals surface area contributed by atoms with E-state index < -0.39 is 4.87 Å². The maximum Gasteiger partial charge on any atom is 0.120 e. The van der Waals surface area contributed by atoms with Crippen LogP contribution in [0.1, 0.15) is 27.8 Å². The molecule has 0 aromatic heterocycles. The zero-order valence-electron chi connectivity index (χ0n) is 18.4. The van der Waals surface area contributed by atoms with E-state index in [2.05, 4.69) is 127 Å². The third kappa shape index (κ3) is 4.23. The van der Waals surface area contributed by atoms with Crippen molar-refractivity contribution in [3.63, 3.8) is 0 Å². The van der Waals surface area contributed by atoms with Crippen molar-refractivity contribution in [2.75, 3.05) is 0 Å². The van der Waals surface area contributed by atoms with Crippen molar-refractivity contribution in [2.45, 2.75) is 11.3 Å². The first-order valence-corrected chi connectivity index (χ1v) is 11.7. The van der Waals surface area contributed by atoms with Crippen molar-refractivity contribution in [1.29, 1.82) is 0 Å². The second-order valence-corrected chi connectivity index (χ2v) is 8.83. The molecule has 33 heavy (non-hydrogen) atoms. The van der Waals surface area contributed by atoms with Gasteiger partial charge in [-0.15, -0.1) is 11.6 Å². The van der Waals surface area contributed by atoms with E-state index in [1.807, 2.05) is 12.1 Å². The Morgan fingerprint density at radius 3 is 1.52 bits per heavy atom. The van der Waals surface area contributed by atoms with E-state index in [0.717, 1.165) is 23.1 Å². The summed E-state index contributed by atoms with van der Waals surface area (Å²) < 4.78 is 0. The number of benzene rings is 5. The fourth-order valence-corrected chi connectivity index (χ4v) is 5.02. The molecule has 0 bridgehead atoms. The molecule has 160 valence electrons. The summed E-state index contributed by atoms with van der Waals surface area (Å²) in [7, 11) is 0. The minimum Gasteiger partial charge on any atom is -0.104 e. The van der Waals surface area contributed by atoms with Gasteiger partial charge in [0.1, 0.15) is 4.87 Å². The van der Waals surface area contributed by atoms with Crippen LogP contribution in [0.2, 0.25) is 0 Å². The van der Waals surface area contributed by atoms with Crippen LogP contribution in [-0.4, -0.2) is 0 Å². The van der Waals surface area contributed by atoms with Crippen molar-refractivity contribution < 1.29 is 0 Å². The summed E-state index contributed by atoms with van der Waals surface area (Å²) in [6.07, 6.45) is 0.843. The summed E-state index contributed by atoms with van der Waals surface area (Å²) in [5.74, 6) is 0. The molecule has 0 aliphatic heterocycles. The molecule has 0 aliphatic carbocycles. The fourth-order valence-electron chi connectivity index (χ4n) is 4.61. The molecule has 0 aliphatic rings. The fraction of sp³-hybridized carbons (Fsp3) is 0.0625. The van der Waals surface area contributed by atoms with Gasteiger partial charge >= 0.3 is 0 Å². The van der Waals surface area contributed by atoms with E-state index in [1.165, 1.54) is 22.3 Å². The summed E-state index contributed by atoms with van der Waals surface area (Å²) in [4.78, 5) is -0.819. The largest absolute Gasteiger partial charge is 0.120 e. The average Bonchev–Trinajstić information content (AvgIpc) is 2.90. The third-order valence-corrected chi connectivity index (χ3v) is 6.80. The van der Waals surface area contributed by atoms with Gasteiger partial charge in [-0.1, -0.05) is 140 Å². The number of rotatable bonds is 6. The Bertz CT molecular complexity index is 1270. The minimum atomic E-state index is -0.819. The predicted molar refractivity (Wildman–Crippen MR) is 140 cm³/mol.